The molecule has 0 spiro atoms. The third-order valence-corrected chi connectivity index (χ3v) is 5.04. The maximum atomic E-state index is 12.4. The summed E-state index contributed by atoms with van der Waals surface area (Å²) < 4.78 is 26.3. The first-order valence-corrected chi connectivity index (χ1v) is 8.65. The van der Waals surface area contributed by atoms with Gasteiger partial charge in [0, 0.05) is 11.3 Å². The third kappa shape index (κ3) is 3.97. The van der Waals surface area contributed by atoms with Gasteiger partial charge in [0.25, 0.3) is 5.91 Å². The van der Waals surface area contributed by atoms with Crippen LogP contribution in [0.4, 0.5) is 5.69 Å². The molecule has 0 heterocycles. The van der Waals surface area contributed by atoms with E-state index in [1.54, 1.807) is 31.2 Å². The van der Waals surface area contributed by atoms with Crippen molar-refractivity contribution in [3.63, 3.8) is 0 Å². The van der Waals surface area contributed by atoms with E-state index in [1.807, 2.05) is 19.9 Å². The Labute approximate surface area is 136 Å². The molecule has 0 atom stereocenters. The molecule has 23 heavy (non-hydrogen) atoms. The van der Waals surface area contributed by atoms with E-state index < -0.39 is 10.0 Å². The van der Waals surface area contributed by atoms with E-state index in [2.05, 4.69) is 10.0 Å². The predicted molar refractivity (Wildman–Crippen MR) is 91.3 cm³/mol. The summed E-state index contributed by atoms with van der Waals surface area (Å²) in [5.41, 5.74) is 3.59. The lowest BCUT2D eigenvalue weighted by Gasteiger charge is -2.11. The average molecular weight is 332 g/mol. The minimum Gasteiger partial charge on any atom is -0.322 e. The minimum absolute atomic E-state index is 0.151. The van der Waals surface area contributed by atoms with Crippen molar-refractivity contribution in [3.05, 3.63) is 58.7 Å². The first kappa shape index (κ1) is 17.2. The van der Waals surface area contributed by atoms with Crippen LogP contribution in [0.3, 0.4) is 0 Å². The molecule has 1 amide bonds. The fourth-order valence-corrected chi connectivity index (χ4v) is 3.38. The number of sulfonamides is 1. The largest absolute Gasteiger partial charge is 0.322 e. The van der Waals surface area contributed by atoms with Crippen molar-refractivity contribution in [1.82, 2.24) is 4.72 Å². The Balaban J connectivity index is 2.33. The fourth-order valence-electron chi connectivity index (χ4n) is 2.39. The number of hydrogen-bond acceptors (Lipinski definition) is 3. The van der Waals surface area contributed by atoms with Crippen LogP contribution in [0, 0.1) is 20.8 Å². The van der Waals surface area contributed by atoms with Crippen LogP contribution in [0.2, 0.25) is 0 Å². The molecule has 2 aromatic carbocycles. The van der Waals surface area contributed by atoms with Gasteiger partial charge in [-0.2, -0.15) is 0 Å². The van der Waals surface area contributed by atoms with Crippen molar-refractivity contribution in [2.24, 2.45) is 0 Å². The Hall–Kier alpha value is -2.18. The summed E-state index contributed by atoms with van der Waals surface area (Å²) in [5.74, 6) is -0.270. The molecule has 0 fully saturated rings. The Morgan fingerprint density at radius 1 is 0.957 bits per heavy atom. The lowest BCUT2D eigenvalue weighted by atomic mass is 10.1. The van der Waals surface area contributed by atoms with Crippen molar-refractivity contribution < 1.29 is 13.2 Å². The third-order valence-electron chi connectivity index (χ3n) is 3.49. The molecule has 0 bridgehead atoms. The molecule has 0 unspecified atom stereocenters. The highest BCUT2D eigenvalue weighted by molar-refractivity contribution is 7.89. The number of carbonyl (C=O) groups excluding carboxylic acids is 1. The molecule has 2 rings (SSSR count). The zero-order valence-corrected chi connectivity index (χ0v) is 14.4. The summed E-state index contributed by atoms with van der Waals surface area (Å²) in [6, 6.07) is 10.4. The number of anilines is 1. The number of amides is 1. The molecule has 0 aliphatic carbocycles. The molecule has 0 aliphatic heterocycles. The molecule has 0 radical (unpaired) electrons. The number of hydrogen-bond donors (Lipinski definition) is 2. The zero-order valence-electron chi connectivity index (χ0n) is 13.6. The second-order valence-electron chi connectivity index (χ2n) is 5.52. The monoisotopic (exact) mass is 332 g/mol. The van der Waals surface area contributed by atoms with E-state index in [0.29, 0.717) is 16.8 Å². The fraction of sp³-hybridized carbons (Fsp3) is 0.235. The molecular weight excluding hydrogens is 312 g/mol. The summed E-state index contributed by atoms with van der Waals surface area (Å²) in [5, 5.41) is 2.75. The van der Waals surface area contributed by atoms with Crippen LogP contribution in [0.5, 0.6) is 0 Å². The van der Waals surface area contributed by atoms with Crippen LogP contribution in [0.25, 0.3) is 0 Å². The highest BCUT2D eigenvalue weighted by Gasteiger charge is 2.16. The molecule has 2 N–H and O–H groups in total. The second-order valence-corrected chi connectivity index (χ2v) is 7.37. The van der Waals surface area contributed by atoms with Crippen LogP contribution in [0.1, 0.15) is 27.0 Å². The average Bonchev–Trinajstić information content (AvgIpc) is 2.48. The van der Waals surface area contributed by atoms with E-state index in [4.69, 9.17) is 0 Å². The van der Waals surface area contributed by atoms with Gasteiger partial charge in [0.15, 0.2) is 0 Å². The summed E-state index contributed by atoms with van der Waals surface area (Å²) >= 11 is 0. The van der Waals surface area contributed by atoms with Gasteiger partial charge in [-0.25, -0.2) is 13.1 Å². The number of aryl methyl sites for hydroxylation is 3. The van der Waals surface area contributed by atoms with Gasteiger partial charge in [-0.3, -0.25) is 4.79 Å². The maximum absolute atomic E-state index is 12.4. The predicted octanol–water partition coefficient (Wildman–Crippen LogP) is 2.77. The van der Waals surface area contributed by atoms with Crippen LogP contribution < -0.4 is 10.0 Å². The highest BCUT2D eigenvalue weighted by Crippen LogP contribution is 2.21. The van der Waals surface area contributed by atoms with Gasteiger partial charge >= 0.3 is 0 Å². The zero-order chi connectivity index (χ0) is 17.2. The van der Waals surface area contributed by atoms with Gasteiger partial charge in [-0.05, 0) is 57.6 Å². The van der Waals surface area contributed by atoms with Crippen LogP contribution in [0.15, 0.2) is 41.3 Å². The van der Waals surface area contributed by atoms with Gasteiger partial charge in [0.2, 0.25) is 10.0 Å². The van der Waals surface area contributed by atoms with Crippen molar-refractivity contribution in [3.8, 4) is 0 Å². The molecular formula is C17H20N2O3S. The van der Waals surface area contributed by atoms with E-state index in [0.717, 1.165) is 11.1 Å². The number of benzene rings is 2. The van der Waals surface area contributed by atoms with Gasteiger partial charge in [0.1, 0.15) is 0 Å². The lowest BCUT2D eigenvalue weighted by molar-refractivity contribution is 0.102. The highest BCUT2D eigenvalue weighted by atomic mass is 32.2. The normalized spacial score (nSPS) is 11.3. The molecule has 122 valence electrons. The summed E-state index contributed by atoms with van der Waals surface area (Å²) in [6.45, 7) is 5.56. The molecule has 6 heteroatoms. The van der Waals surface area contributed by atoms with Gasteiger partial charge in [-0.15, -0.1) is 0 Å². The van der Waals surface area contributed by atoms with Crippen LogP contribution in [-0.2, 0) is 10.0 Å². The number of carbonyl (C=O) groups is 1. The quantitative estimate of drug-likeness (QED) is 0.904. The van der Waals surface area contributed by atoms with Gasteiger partial charge in [-0.1, -0.05) is 23.3 Å². The molecule has 5 nitrogen and oxygen atoms in total. The van der Waals surface area contributed by atoms with E-state index >= 15 is 0 Å². The van der Waals surface area contributed by atoms with E-state index in [-0.39, 0.29) is 10.8 Å². The van der Waals surface area contributed by atoms with Crippen LogP contribution in [-0.4, -0.2) is 21.4 Å². The summed E-state index contributed by atoms with van der Waals surface area (Å²) in [6.07, 6.45) is 0. The van der Waals surface area contributed by atoms with E-state index in [9.17, 15) is 13.2 Å². The second kappa shape index (κ2) is 6.52. The molecule has 0 aliphatic rings. The first-order valence-electron chi connectivity index (χ1n) is 7.17. The van der Waals surface area contributed by atoms with Gasteiger partial charge in [0.05, 0.1) is 4.90 Å². The Morgan fingerprint density at radius 2 is 1.57 bits per heavy atom. The van der Waals surface area contributed by atoms with Crippen molar-refractivity contribution >= 4 is 21.6 Å². The minimum atomic E-state index is -3.57. The molecule has 2 aromatic rings. The summed E-state index contributed by atoms with van der Waals surface area (Å²) in [4.78, 5) is 12.5. The van der Waals surface area contributed by atoms with Crippen LogP contribution >= 0.6 is 0 Å². The van der Waals surface area contributed by atoms with Crippen molar-refractivity contribution in [2.45, 2.75) is 25.7 Å². The molecule has 0 saturated heterocycles. The van der Waals surface area contributed by atoms with E-state index in [1.165, 1.54) is 13.1 Å². The maximum Gasteiger partial charge on any atom is 0.255 e. The Bertz CT molecular complexity index is 838. The molecule has 0 aromatic heterocycles. The molecule has 0 saturated carbocycles. The topological polar surface area (TPSA) is 75.3 Å². The standard InChI is InChI=1S/C17H20N2O3S/c1-11-7-12(2)9-14(8-11)17(20)19-15-6-5-13(3)16(10-15)23(21,22)18-4/h5-10,18H,1-4H3,(H,19,20). The Morgan fingerprint density at radius 3 is 2.13 bits per heavy atom. The number of nitrogens with one attached hydrogen (secondary N) is 2. The van der Waals surface area contributed by atoms with Crippen molar-refractivity contribution in [1.29, 1.82) is 0 Å². The first-order chi connectivity index (χ1) is 10.7. The SMILES string of the molecule is CNS(=O)(=O)c1cc(NC(=O)c2cc(C)cc(C)c2)ccc1C. The lowest BCUT2D eigenvalue weighted by Crippen LogP contribution is -2.20. The smallest absolute Gasteiger partial charge is 0.255 e. The summed E-state index contributed by atoms with van der Waals surface area (Å²) in [7, 11) is -2.21. The Kier molecular flexibility index (Phi) is 4.87. The van der Waals surface area contributed by atoms with Gasteiger partial charge < -0.3 is 5.32 Å². The number of rotatable bonds is 4. The van der Waals surface area contributed by atoms with Crippen molar-refractivity contribution in [2.75, 3.05) is 12.4 Å².